The van der Waals surface area contributed by atoms with E-state index in [-0.39, 0.29) is 5.92 Å². The van der Waals surface area contributed by atoms with Gasteiger partial charge in [-0.15, -0.1) is 0 Å². The molecular formula is C55H43NO. The summed E-state index contributed by atoms with van der Waals surface area (Å²) in [6, 6.07) is 51.5. The Balaban J connectivity index is 1.08. The van der Waals surface area contributed by atoms with Crippen LogP contribution in [-0.4, -0.2) is 0 Å². The third-order valence-electron chi connectivity index (χ3n) is 12.4. The van der Waals surface area contributed by atoms with Gasteiger partial charge in [0, 0.05) is 33.5 Å². The van der Waals surface area contributed by atoms with Crippen molar-refractivity contribution in [3.8, 4) is 11.1 Å². The van der Waals surface area contributed by atoms with Gasteiger partial charge in [-0.05, 0) is 129 Å². The highest BCUT2D eigenvalue weighted by atomic mass is 16.3. The minimum Gasteiger partial charge on any atom is -0.456 e. The van der Waals surface area contributed by atoms with Gasteiger partial charge in [0.1, 0.15) is 11.2 Å². The molecule has 57 heavy (non-hydrogen) atoms. The normalized spacial score (nSPS) is 17.8. The van der Waals surface area contributed by atoms with Crippen LogP contribution in [0.15, 0.2) is 198 Å². The number of rotatable bonds is 6. The zero-order valence-corrected chi connectivity index (χ0v) is 32.2. The van der Waals surface area contributed by atoms with E-state index in [0.29, 0.717) is 5.92 Å². The van der Waals surface area contributed by atoms with Crippen molar-refractivity contribution in [3.05, 3.63) is 210 Å². The Morgan fingerprint density at radius 2 is 1.42 bits per heavy atom. The second kappa shape index (κ2) is 13.8. The topological polar surface area (TPSA) is 16.4 Å². The van der Waals surface area contributed by atoms with Gasteiger partial charge in [0.25, 0.3) is 0 Å². The minimum atomic E-state index is 0.243. The van der Waals surface area contributed by atoms with E-state index in [0.717, 1.165) is 42.2 Å². The third-order valence-corrected chi connectivity index (χ3v) is 12.4. The van der Waals surface area contributed by atoms with Gasteiger partial charge in [0.05, 0.1) is 5.69 Å². The number of allylic oxidation sites excluding steroid dienone is 8. The first-order chi connectivity index (χ1) is 28.2. The second-order valence-electron chi connectivity index (χ2n) is 15.9. The first-order valence-electron chi connectivity index (χ1n) is 20.5. The Hall–Kier alpha value is -6.64. The van der Waals surface area contributed by atoms with E-state index in [4.69, 9.17) is 4.42 Å². The highest BCUT2D eigenvalue weighted by Gasteiger charge is 2.28. The van der Waals surface area contributed by atoms with Gasteiger partial charge in [-0.3, -0.25) is 0 Å². The standard InChI is InChI=1S/C55H43NO/c1-36-12-10-15-40(34-36)46-17-6-8-22-51(46)56(42-29-26-38(27-30-42)44-21-11-14-37-13-2-3-16-43(37)44)52-32-31-45(47-18-4-5-19-48(47)52)41-25-24-39-28-33-54-55(50(39)35-41)49-20-7-9-23-53(49)57-54/h2-10,13,15-16,18-36,46H,11-12,14,17H2,1H3. The molecule has 8 aromatic rings. The van der Waals surface area contributed by atoms with E-state index in [2.05, 4.69) is 188 Å². The smallest absolute Gasteiger partial charge is 0.136 e. The number of furan rings is 1. The molecule has 0 spiro atoms. The fourth-order valence-corrected chi connectivity index (χ4v) is 9.67. The van der Waals surface area contributed by atoms with Crippen LogP contribution in [0.2, 0.25) is 0 Å². The molecular weight excluding hydrogens is 691 g/mol. The average molecular weight is 734 g/mol. The molecule has 2 nitrogen and oxygen atoms in total. The summed E-state index contributed by atoms with van der Waals surface area (Å²) in [4.78, 5) is 2.54. The van der Waals surface area contributed by atoms with Gasteiger partial charge in [-0.1, -0.05) is 147 Å². The lowest BCUT2D eigenvalue weighted by atomic mass is 9.83. The van der Waals surface area contributed by atoms with Gasteiger partial charge in [0.2, 0.25) is 0 Å². The highest BCUT2D eigenvalue weighted by Crippen LogP contribution is 2.46. The summed E-state index contributed by atoms with van der Waals surface area (Å²) >= 11 is 0. The summed E-state index contributed by atoms with van der Waals surface area (Å²) in [7, 11) is 0. The van der Waals surface area contributed by atoms with Crippen molar-refractivity contribution in [1.29, 1.82) is 0 Å². The first kappa shape index (κ1) is 33.7. The van der Waals surface area contributed by atoms with Crippen LogP contribution in [0, 0.1) is 11.8 Å². The molecule has 7 aromatic carbocycles. The number of para-hydroxylation sites is 1. The van der Waals surface area contributed by atoms with Crippen LogP contribution in [0.3, 0.4) is 0 Å². The molecule has 0 amide bonds. The fraction of sp³-hybridized carbons (Fsp3) is 0.127. The van der Waals surface area contributed by atoms with Crippen molar-refractivity contribution in [1.82, 2.24) is 0 Å². The molecule has 274 valence electrons. The Bertz CT molecular complexity index is 3040. The summed E-state index contributed by atoms with van der Waals surface area (Å²) in [5.74, 6) is 0.771. The maximum absolute atomic E-state index is 6.31. The van der Waals surface area contributed by atoms with Gasteiger partial charge in [-0.25, -0.2) is 0 Å². The monoisotopic (exact) mass is 733 g/mol. The highest BCUT2D eigenvalue weighted by molar-refractivity contribution is 6.19. The molecule has 0 radical (unpaired) electrons. The van der Waals surface area contributed by atoms with Crippen molar-refractivity contribution < 1.29 is 4.42 Å². The van der Waals surface area contributed by atoms with Crippen molar-refractivity contribution in [2.45, 2.75) is 32.6 Å². The molecule has 0 aliphatic heterocycles. The molecule has 2 heteroatoms. The molecule has 1 heterocycles. The van der Waals surface area contributed by atoms with Gasteiger partial charge >= 0.3 is 0 Å². The van der Waals surface area contributed by atoms with Crippen molar-refractivity contribution in [2.24, 2.45) is 11.8 Å². The number of fused-ring (bicyclic) bond motifs is 7. The summed E-state index contributed by atoms with van der Waals surface area (Å²) < 4.78 is 6.31. The molecule has 1 aromatic heterocycles. The summed E-state index contributed by atoms with van der Waals surface area (Å²) in [6.45, 7) is 2.33. The summed E-state index contributed by atoms with van der Waals surface area (Å²) in [5.41, 5.74) is 14.7. The van der Waals surface area contributed by atoms with Crippen LogP contribution >= 0.6 is 0 Å². The quantitative estimate of drug-likeness (QED) is 0.169. The Morgan fingerprint density at radius 3 is 2.32 bits per heavy atom. The second-order valence-corrected chi connectivity index (χ2v) is 15.9. The molecule has 2 unspecified atom stereocenters. The van der Waals surface area contributed by atoms with E-state index in [9.17, 15) is 0 Å². The average Bonchev–Trinajstić information content (AvgIpc) is 3.66. The molecule has 11 rings (SSSR count). The maximum Gasteiger partial charge on any atom is 0.136 e. The Labute approximate surface area is 334 Å². The fourth-order valence-electron chi connectivity index (χ4n) is 9.67. The maximum atomic E-state index is 6.31. The molecule has 0 saturated carbocycles. The van der Waals surface area contributed by atoms with E-state index in [1.54, 1.807) is 0 Å². The van der Waals surface area contributed by atoms with Gasteiger partial charge in [-0.2, -0.15) is 0 Å². The molecule has 0 N–H and O–H groups in total. The van der Waals surface area contributed by atoms with E-state index in [1.807, 2.05) is 6.07 Å². The zero-order valence-electron chi connectivity index (χ0n) is 32.2. The number of hydrogen-bond donors (Lipinski definition) is 0. The van der Waals surface area contributed by atoms with Crippen LogP contribution in [0.4, 0.5) is 11.4 Å². The molecule has 3 aliphatic carbocycles. The van der Waals surface area contributed by atoms with Crippen LogP contribution < -0.4 is 4.90 Å². The number of anilines is 2. The number of hydrogen-bond acceptors (Lipinski definition) is 2. The molecule has 0 bridgehead atoms. The lowest BCUT2D eigenvalue weighted by molar-refractivity contribution is 0.664. The summed E-state index contributed by atoms with van der Waals surface area (Å²) in [5, 5.41) is 7.22. The Morgan fingerprint density at radius 1 is 0.632 bits per heavy atom. The van der Waals surface area contributed by atoms with Gasteiger partial charge < -0.3 is 9.32 Å². The minimum absolute atomic E-state index is 0.243. The largest absolute Gasteiger partial charge is 0.456 e. The van der Waals surface area contributed by atoms with Gasteiger partial charge in [0.15, 0.2) is 0 Å². The van der Waals surface area contributed by atoms with Crippen LogP contribution in [0.5, 0.6) is 0 Å². The first-order valence-corrected chi connectivity index (χ1v) is 20.5. The van der Waals surface area contributed by atoms with Crippen LogP contribution in [-0.2, 0) is 6.42 Å². The molecule has 2 atom stereocenters. The third kappa shape index (κ3) is 5.78. The van der Waals surface area contributed by atoms with Crippen molar-refractivity contribution in [2.75, 3.05) is 4.90 Å². The molecule has 3 aliphatic rings. The molecule has 0 fully saturated rings. The van der Waals surface area contributed by atoms with Crippen LogP contribution in [0.1, 0.15) is 42.9 Å². The number of aryl methyl sites for hydroxylation is 1. The Kier molecular flexibility index (Phi) is 8.17. The van der Waals surface area contributed by atoms with Crippen molar-refractivity contribution >= 4 is 60.4 Å². The predicted molar refractivity (Wildman–Crippen MR) is 241 cm³/mol. The number of benzene rings is 7. The van der Waals surface area contributed by atoms with Crippen LogP contribution in [0.25, 0.3) is 60.2 Å². The SMILES string of the molecule is CC1C=C(C2CC=CC=C2N(c2ccc(C3=CCCc4ccccc43)cc2)c2ccc(-c3ccc4ccc5oc6ccccc6c5c4c3)c3ccccc23)C=CC1. The zero-order chi connectivity index (χ0) is 37.9. The number of nitrogens with zero attached hydrogens (tertiary/aromatic N) is 1. The molecule has 0 saturated heterocycles. The predicted octanol–water partition coefficient (Wildman–Crippen LogP) is 15.1. The van der Waals surface area contributed by atoms with E-state index >= 15 is 0 Å². The van der Waals surface area contributed by atoms with E-state index < -0.39 is 0 Å². The lowest BCUT2D eigenvalue weighted by Crippen LogP contribution is -2.25. The van der Waals surface area contributed by atoms with Crippen molar-refractivity contribution in [3.63, 3.8) is 0 Å². The lowest BCUT2D eigenvalue weighted by Gasteiger charge is -2.36. The summed E-state index contributed by atoms with van der Waals surface area (Å²) in [6.07, 6.45) is 20.8. The van der Waals surface area contributed by atoms with E-state index in [1.165, 1.54) is 83.0 Å².